The van der Waals surface area contributed by atoms with Gasteiger partial charge in [0.05, 0.1) is 12.7 Å². The number of nitrogens with one attached hydrogen (secondary N) is 1. The average molecular weight is 210 g/mol. The Hall–Kier alpha value is -0.570. The van der Waals surface area contributed by atoms with Gasteiger partial charge in [-0.15, -0.1) is 0 Å². The lowest BCUT2D eigenvalue weighted by molar-refractivity contribution is -0.131. The number of amides is 1. The van der Waals surface area contributed by atoms with E-state index in [1.807, 2.05) is 0 Å². The van der Waals surface area contributed by atoms with Crippen molar-refractivity contribution < 1.29 is 4.79 Å². The molecule has 3 unspecified atom stereocenters. The molecular formula is C12H22N2O. The molecule has 1 heterocycles. The smallest absolute Gasteiger partial charge is 0.238 e. The Bertz CT molecular complexity index is 242. The molecule has 1 N–H and O–H groups in total. The summed E-state index contributed by atoms with van der Waals surface area (Å²) in [5.41, 5.74) is 0. The molecule has 2 fully saturated rings. The first-order chi connectivity index (χ1) is 7.22. The standard InChI is InChI=1S/C12H22N2O/c1-3-10-5-4-6-11(7-10)14-9(2)13-8-12(14)15/h9-11,13H,3-8H2,1-2H3. The van der Waals surface area contributed by atoms with Crippen molar-refractivity contribution in [3.63, 3.8) is 0 Å². The normalized spacial score (nSPS) is 37.3. The van der Waals surface area contributed by atoms with Crippen LogP contribution in [0.5, 0.6) is 0 Å². The van der Waals surface area contributed by atoms with Gasteiger partial charge in [-0.1, -0.05) is 26.2 Å². The van der Waals surface area contributed by atoms with E-state index >= 15 is 0 Å². The first-order valence-electron chi connectivity index (χ1n) is 6.27. The van der Waals surface area contributed by atoms with Gasteiger partial charge in [0.1, 0.15) is 0 Å². The molecule has 3 nitrogen and oxygen atoms in total. The first kappa shape index (κ1) is 10.9. The largest absolute Gasteiger partial charge is 0.323 e. The van der Waals surface area contributed by atoms with E-state index in [0.717, 1.165) is 5.92 Å². The lowest BCUT2D eigenvalue weighted by atomic mass is 9.83. The first-order valence-corrected chi connectivity index (χ1v) is 6.27. The molecule has 0 bridgehead atoms. The Balaban J connectivity index is 2.00. The molecule has 3 atom stereocenters. The summed E-state index contributed by atoms with van der Waals surface area (Å²) in [7, 11) is 0. The van der Waals surface area contributed by atoms with Gasteiger partial charge in [0.15, 0.2) is 0 Å². The van der Waals surface area contributed by atoms with Gasteiger partial charge in [0.2, 0.25) is 5.91 Å². The molecule has 0 radical (unpaired) electrons. The maximum Gasteiger partial charge on any atom is 0.238 e. The molecule has 3 heteroatoms. The molecule has 1 aliphatic heterocycles. The summed E-state index contributed by atoms with van der Waals surface area (Å²) in [6.07, 6.45) is 6.58. The highest BCUT2D eigenvalue weighted by molar-refractivity contribution is 5.80. The minimum atomic E-state index is 0.248. The fourth-order valence-electron chi connectivity index (χ4n) is 3.05. The highest BCUT2D eigenvalue weighted by Crippen LogP contribution is 2.31. The third kappa shape index (κ3) is 2.17. The van der Waals surface area contributed by atoms with E-state index < -0.39 is 0 Å². The highest BCUT2D eigenvalue weighted by Gasteiger charge is 2.35. The molecule has 1 amide bonds. The van der Waals surface area contributed by atoms with E-state index in [0.29, 0.717) is 18.5 Å². The summed E-state index contributed by atoms with van der Waals surface area (Å²) in [6.45, 7) is 4.90. The topological polar surface area (TPSA) is 32.3 Å². The minimum absolute atomic E-state index is 0.248. The average Bonchev–Trinajstić information content (AvgIpc) is 2.59. The van der Waals surface area contributed by atoms with E-state index in [1.165, 1.54) is 32.1 Å². The van der Waals surface area contributed by atoms with Crippen molar-refractivity contribution in [2.45, 2.75) is 58.2 Å². The van der Waals surface area contributed by atoms with Crippen LogP contribution in [0, 0.1) is 5.92 Å². The number of rotatable bonds is 2. The zero-order chi connectivity index (χ0) is 10.8. The summed E-state index contributed by atoms with van der Waals surface area (Å²) in [4.78, 5) is 13.8. The van der Waals surface area contributed by atoms with Gasteiger partial charge >= 0.3 is 0 Å². The Morgan fingerprint density at radius 1 is 1.47 bits per heavy atom. The predicted molar refractivity (Wildman–Crippen MR) is 60.3 cm³/mol. The van der Waals surface area contributed by atoms with Crippen LogP contribution in [0.3, 0.4) is 0 Å². The minimum Gasteiger partial charge on any atom is -0.323 e. The van der Waals surface area contributed by atoms with Crippen LogP contribution in [-0.2, 0) is 4.79 Å². The second kappa shape index (κ2) is 4.52. The third-order valence-electron chi connectivity index (χ3n) is 3.98. The van der Waals surface area contributed by atoms with Crippen LogP contribution in [0.1, 0.15) is 46.0 Å². The molecule has 0 aromatic heterocycles. The fourth-order valence-corrected chi connectivity index (χ4v) is 3.05. The van der Waals surface area contributed by atoms with Crippen molar-refractivity contribution in [3.05, 3.63) is 0 Å². The fraction of sp³-hybridized carbons (Fsp3) is 0.917. The zero-order valence-corrected chi connectivity index (χ0v) is 9.83. The van der Waals surface area contributed by atoms with Crippen LogP contribution in [0.25, 0.3) is 0 Å². The number of hydrogen-bond acceptors (Lipinski definition) is 2. The number of carbonyl (C=O) groups is 1. The van der Waals surface area contributed by atoms with Crippen LogP contribution < -0.4 is 5.32 Å². The Labute approximate surface area is 92.2 Å². The maximum atomic E-state index is 11.7. The van der Waals surface area contributed by atoms with E-state index in [4.69, 9.17) is 0 Å². The predicted octanol–water partition coefficient (Wildman–Crippen LogP) is 1.73. The van der Waals surface area contributed by atoms with Crippen molar-refractivity contribution in [3.8, 4) is 0 Å². The maximum absolute atomic E-state index is 11.7. The monoisotopic (exact) mass is 210 g/mol. The molecule has 1 saturated carbocycles. The molecule has 0 aromatic carbocycles. The lowest BCUT2D eigenvalue weighted by Gasteiger charge is -2.37. The molecular weight excluding hydrogens is 188 g/mol. The Morgan fingerprint density at radius 2 is 2.27 bits per heavy atom. The highest BCUT2D eigenvalue weighted by atomic mass is 16.2. The van der Waals surface area contributed by atoms with Crippen molar-refractivity contribution in [1.29, 1.82) is 0 Å². The number of hydrogen-bond donors (Lipinski definition) is 1. The summed E-state index contributed by atoms with van der Waals surface area (Å²) in [6, 6.07) is 0.501. The van der Waals surface area contributed by atoms with Gasteiger partial charge in [-0.2, -0.15) is 0 Å². The van der Waals surface area contributed by atoms with E-state index in [-0.39, 0.29) is 6.17 Å². The second-order valence-electron chi connectivity index (χ2n) is 4.95. The third-order valence-corrected chi connectivity index (χ3v) is 3.98. The molecule has 2 rings (SSSR count). The van der Waals surface area contributed by atoms with Crippen molar-refractivity contribution in [1.82, 2.24) is 10.2 Å². The number of nitrogens with zero attached hydrogens (tertiary/aromatic N) is 1. The van der Waals surface area contributed by atoms with Gasteiger partial charge in [-0.3, -0.25) is 10.1 Å². The summed E-state index contributed by atoms with van der Waals surface area (Å²) in [5.74, 6) is 1.13. The van der Waals surface area contributed by atoms with Crippen LogP contribution in [-0.4, -0.2) is 29.6 Å². The van der Waals surface area contributed by atoms with Gasteiger partial charge in [-0.05, 0) is 25.7 Å². The molecule has 86 valence electrons. The summed E-state index contributed by atoms with van der Waals surface area (Å²) < 4.78 is 0. The molecule has 1 saturated heterocycles. The summed E-state index contributed by atoms with van der Waals surface area (Å²) >= 11 is 0. The summed E-state index contributed by atoms with van der Waals surface area (Å²) in [5, 5.41) is 3.23. The lowest BCUT2D eigenvalue weighted by Crippen LogP contribution is -2.45. The molecule has 15 heavy (non-hydrogen) atoms. The van der Waals surface area contributed by atoms with Crippen molar-refractivity contribution in [2.24, 2.45) is 5.92 Å². The van der Waals surface area contributed by atoms with E-state index in [9.17, 15) is 4.79 Å². The number of carbonyl (C=O) groups excluding carboxylic acids is 1. The van der Waals surface area contributed by atoms with Crippen LogP contribution in [0.4, 0.5) is 0 Å². The van der Waals surface area contributed by atoms with Crippen molar-refractivity contribution >= 4 is 5.91 Å². The van der Waals surface area contributed by atoms with Gasteiger partial charge in [-0.25, -0.2) is 0 Å². The van der Waals surface area contributed by atoms with E-state index in [1.54, 1.807) is 0 Å². The molecule has 2 aliphatic rings. The Morgan fingerprint density at radius 3 is 2.87 bits per heavy atom. The van der Waals surface area contributed by atoms with Crippen LogP contribution in [0.15, 0.2) is 0 Å². The van der Waals surface area contributed by atoms with Crippen LogP contribution >= 0.6 is 0 Å². The van der Waals surface area contributed by atoms with Crippen molar-refractivity contribution in [2.75, 3.05) is 6.54 Å². The molecule has 0 spiro atoms. The quantitative estimate of drug-likeness (QED) is 0.753. The zero-order valence-electron chi connectivity index (χ0n) is 9.83. The van der Waals surface area contributed by atoms with E-state index in [2.05, 4.69) is 24.1 Å². The van der Waals surface area contributed by atoms with Gasteiger partial charge in [0, 0.05) is 6.04 Å². The van der Waals surface area contributed by atoms with Gasteiger partial charge in [0.25, 0.3) is 0 Å². The second-order valence-corrected chi connectivity index (χ2v) is 4.95. The van der Waals surface area contributed by atoms with Crippen LogP contribution in [0.2, 0.25) is 0 Å². The Kier molecular flexibility index (Phi) is 3.29. The molecule has 1 aliphatic carbocycles. The van der Waals surface area contributed by atoms with Gasteiger partial charge < -0.3 is 4.90 Å². The molecule has 0 aromatic rings. The SMILES string of the molecule is CCC1CCCC(N2C(=O)CNC2C)C1.